The van der Waals surface area contributed by atoms with Crippen LogP contribution in [0.25, 0.3) is 0 Å². The molecular weight excluding hydrogens is 268 g/mol. The van der Waals surface area contributed by atoms with Gasteiger partial charge in [0.2, 0.25) is 11.8 Å². The van der Waals surface area contributed by atoms with Crippen LogP contribution in [0.3, 0.4) is 0 Å². The van der Waals surface area contributed by atoms with Crippen molar-refractivity contribution in [2.45, 2.75) is 64.6 Å². The van der Waals surface area contributed by atoms with Gasteiger partial charge in [0.15, 0.2) is 5.82 Å². The average Bonchev–Trinajstić information content (AvgIpc) is 3.18. The Morgan fingerprint density at radius 2 is 2.05 bits per heavy atom. The lowest BCUT2D eigenvalue weighted by atomic mass is 10.0. The first-order chi connectivity index (χ1) is 10.2. The topological polar surface area (TPSA) is 62.5 Å². The predicted molar refractivity (Wildman–Crippen MR) is 77.5 cm³/mol. The minimum absolute atomic E-state index is 0.291. The third kappa shape index (κ3) is 2.95. The molecule has 0 aromatic carbocycles. The van der Waals surface area contributed by atoms with Gasteiger partial charge in [0.25, 0.3) is 0 Å². The molecule has 1 aromatic heterocycles. The van der Waals surface area contributed by atoms with Crippen LogP contribution in [-0.2, 0) is 11.3 Å². The molecule has 0 aliphatic carbocycles. The SMILES string of the molecule is CCC(=O)N1CCCC1C1CCCN1Cc1noc(C)n1. The molecule has 2 aliphatic rings. The molecule has 1 amide bonds. The molecule has 2 atom stereocenters. The van der Waals surface area contributed by atoms with Crippen molar-refractivity contribution < 1.29 is 9.32 Å². The van der Waals surface area contributed by atoms with Crippen molar-refractivity contribution >= 4 is 5.91 Å². The van der Waals surface area contributed by atoms with Gasteiger partial charge in [0, 0.05) is 32.0 Å². The molecular formula is C15H24N4O2. The van der Waals surface area contributed by atoms with Crippen molar-refractivity contribution in [1.82, 2.24) is 19.9 Å². The van der Waals surface area contributed by atoms with E-state index >= 15 is 0 Å². The lowest BCUT2D eigenvalue weighted by Crippen LogP contribution is -2.47. The Bertz CT molecular complexity index is 502. The number of aryl methyl sites for hydroxylation is 1. The van der Waals surface area contributed by atoms with E-state index in [1.165, 1.54) is 6.42 Å². The zero-order chi connectivity index (χ0) is 14.8. The van der Waals surface area contributed by atoms with Crippen LogP contribution in [0.4, 0.5) is 0 Å². The summed E-state index contributed by atoms with van der Waals surface area (Å²) in [5.74, 6) is 1.66. The monoisotopic (exact) mass is 292 g/mol. The number of nitrogens with zero attached hydrogens (tertiary/aromatic N) is 4. The van der Waals surface area contributed by atoms with Crippen LogP contribution in [0.15, 0.2) is 4.52 Å². The van der Waals surface area contributed by atoms with Crippen LogP contribution in [-0.4, -0.2) is 51.0 Å². The number of aromatic nitrogens is 2. The van der Waals surface area contributed by atoms with Crippen molar-refractivity contribution in [3.05, 3.63) is 11.7 Å². The summed E-state index contributed by atoms with van der Waals surface area (Å²) < 4.78 is 5.06. The quantitative estimate of drug-likeness (QED) is 0.846. The van der Waals surface area contributed by atoms with Gasteiger partial charge in [-0.3, -0.25) is 9.69 Å². The number of likely N-dealkylation sites (tertiary alicyclic amines) is 2. The first-order valence-electron chi connectivity index (χ1n) is 8.01. The molecule has 1 aromatic rings. The molecule has 2 saturated heterocycles. The van der Waals surface area contributed by atoms with Crippen LogP contribution in [0.5, 0.6) is 0 Å². The molecule has 0 spiro atoms. The van der Waals surface area contributed by atoms with Gasteiger partial charge >= 0.3 is 0 Å². The lowest BCUT2D eigenvalue weighted by Gasteiger charge is -2.34. The zero-order valence-electron chi connectivity index (χ0n) is 12.9. The molecule has 6 nitrogen and oxygen atoms in total. The Kier molecular flexibility index (Phi) is 4.24. The molecule has 2 unspecified atom stereocenters. The van der Waals surface area contributed by atoms with Crippen LogP contribution in [0, 0.1) is 6.92 Å². The van der Waals surface area contributed by atoms with Crippen molar-refractivity contribution in [2.24, 2.45) is 0 Å². The van der Waals surface area contributed by atoms with E-state index in [9.17, 15) is 4.79 Å². The zero-order valence-corrected chi connectivity index (χ0v) is 12.9. The second-order valence-corrected chi connectivity index (χ2v) is 6.06. The smallest absolute Gasteiger partial charge is 0.223 e. The lowest BCUT2D eigenvalue weighted by molar-refractivity contribution is -0.132. The molecule has 3 rings (SSSR count). The molecule has 21 heavy (non-hydrogen) atoms. The number of amides is 1. The summed E-state index contributed by atoms with van der Waals surface area (Å²) in [6, 6.07) is 0.815. The Morgan fingerprint density at radius 1 is 1.29 bits per heavy atom. The third-order valence-corrected chi connectivity index (χ3v) is 4.69. The van der Waals surface area contributed by atoms with Crippen molar-refractivity contribution in [2.75, 3.05) is 13.1 Å². The van der Waals surface area contributed by atoms with Crippen LogP contribution < -0.4 is 0 Å². The van der Waals surface area contributed by atoms with Crippen molar-refractivity contribution in [3.63, 3.8) is 0 Å². The van der Waals surface area contributed by atoms with Crippen LogP contribution in [0.1, 0.15) is 50.7 Å². The second-order valence-electron chi connectivity index (χ2n) is 6.06. The Morgan fingerprint density at radius 3 is 2.76 bits per heavy atom. The molecule has 2 fully saturated rings. The maximum absolute atomic E-state index is 12.1. The van der Waals surface area contributed by atoms with E-state index < -0.39 is 0 Å². The van der Waals surface area contributed by atoms with Gasteiger partial charge in [0.05, 0.1) is 6.54 Å². The van der Waals surface area contributed by atoms with E-state index in [4.69, 9.17) is 4.52 Å². The highest BCUT2D eigenvalue weighted by Gasteiger charge is 2.39. The number of rotatable bonds is 4. The first kappa shape index (κ1) is 14.5. The van der Waals surface area contributed by atoms with Crippen LogP contribution >= 0.6 is 0 Å². The Labute approximate surface area is 125 Å². The van der Waals surface area contributed by atoms with E-state index in [1.54, 1.807) is 0 Å². The maximum Gasteiger partial charge on any atom is 0.223 e. The fraction of sp³-hybridized carbons (Fsp3) is 0.800. The van der Waals surface area contributed by atoms with Gasteiger partial charge < -0.3 is 9.42 Å². The molecule has 0 saturated carbocycles. The van der Waals surface area contributed by atoms with Gasteiger partial charge in [-0.2, -0.15) is 4.98 Å². The van der Waals surface area contributed by atoms with Gasteiger partial charge in [-0.15, -0.1) is 0 Å². The van der Waals surface area contributed by atoms with Crippen molar-refractivity contribution in [1.29, 1.82) is 0 Å². The molecule has 0 N–H and O–H groups in total. The molecule has 2 aliphatic heterocycles. The summed E-state index contributed by atoms with van der Waals surface area (Å²) in [6.45, 7) is 6.47. The molecule has 6 heteroatoms. The average molecular weight is 292 g/mol. The largest absolute Gasteiger partial charge is 0.340 e. The Hall–Kier alpha value is -1.43. The second kappa shape index (κ2) is 6.13. The molecule has 3 heterocycles. The highest BCUT2D eigenvalue weighted by molar-refractivity contribution is 5.76. The number of carbonyl (C=O) groups is 1. The highest BCUT2D eigenvalue weighted by Crippen LogP contribution is 2.31. The summed E-state index contributed by atoms with van der Waals surface area (Å²) in [5, 5.41) is 4.00. The highest BCUT2D eigenvalue weighted by atomic mass is 16.5. The van der Waals surface area contributed by atoms with Gasteiger partial charge in [0.1, 0.15) is 0 Å². The van der Waals surface area contributed by atoms with Crippen molar-refractivity contribution in [3.8, 4) is 0 Å². The normalized spacial score (nSPS) is 26.7. The standard InChI is InChI=1S/C15H24N4O2/c1-3-15(20)19-9-5-7-13(19)12-6-4-8-18(12)10-14-16-11(2)21-17-14/h12-13H,3-10H2,1-2H3. The van der Waals surface area contributed by atoms with E-state index in [2.05, 4.69) is 19.9 Å². The number of hydrogen-bond donors (Lipinski definition) is 0. The summed E-state index contributed by atoms with van der Waals surface area (Å²) in [6.07, 6.45) is 5.20. The fourth-order valence-electron chi connectivity index (χ4n) is 3.78. The molecule has 0 bridgehead atoms. The van der Waals surface area contributed by atoms with Crippen LogP contribution in [0.2, 0.25) is 0 Å². The summed E-state index contributed by atoms with van der Waals surface area (Å²) >= 11 is 0. The predicted octanol–water partition coefficient (Wildman–Crippen LogP) is 1.74. The van der Waals surface area contributed by atoms with Gasteiger partial charge in [-0.1, -0.05) is 12.1 Å². The fourth-order valence-corrected chi connectivity index (χ4v) is 3.78. The van der Waals surface area contributed by atoms with E-state index in [0.717, 1.165) is 44.7 Å². The van der Waals surface area contributed by atoms with Gasteiger partial charge in [-0.25, -0.2) is 0 Å². The molecule has 116 valence electrons. The number of hydrogen-bond acceptors (Lipinski definition) is 5. The van der Waals surface area contributed by atoms with Gasteiger partial charge in [-0.05, 0) is 32.2 Å². The van der Waals surface area contributed by atoms with E-state index in [1.807, 2.05) is 13.8 Å². The minimum Gasteiger partial charge on any atom is -0.340 e. The first-order valence-corrected chi connectivity index (χ1v) is 8.01. The van der Waals surface area contributed by atoms with E-state index in [0.29, 0.717) is 30.3 Å². The minimum atomic E-state index is 0.291. The third-order valence-electron chi connectivity index (χ3n) is 4.69. The number of carbonyl (C=O) groups excluding carboxylic acids is 1. The summed E-state index contributed by atoms with van der Waals surface area (Å²) in [7, 11) is 0. The summed E-state index contributed by atoms with van der Waals surface area (Å²) in [4.78, 5) is 21.0. The summed E-state index contributed by atoms with van der Waals surface area (Å²) in [5.41, 5.74) is 0. The molecule has 0 radical (unpaired) electrons. The van der Waals surface area contributed by atoms with E-state index in [-0.39, 0.29) is 0 Å². The maximum atomic E-state index is 12.1. The Balaban J connectivity index is 1.69.